The van der Waals surface area contributed by atoms with Crippen molar-refractivity contribution < 1.29 is 23.8 Å². The number of nitrogens with one attached hydrogen (secondary N) is 2. The van der Waals surface area contributed by atoms with E-state index in [-0.39, 0.29) is 31.1 Å². The van der Waals surface area contributed by atoms with Crippen LogP contribution in [0.5, 0.6) is 17.2 Å². The van der Waals surface area contributed by atoms with E-state index in [2.05, 4.69) is 16.7 Å². The Kier molecular flexibility index (Phi) is 5.88. The lowest BCUT2D eigenvalue weighted by molar-refractivity contribution is -0.114. The van der Waals surface area contributed by atoms with Crippen LogP contribution in [0.15, 0.2) is 30.3 Å². The number of fused-ring (bicyclic) bond motifs is 1. The number of benzene rings is 2. The monoisotopic (exact) mass is 395 g/mol. The van der Waals surface area contributed by atoms with E-state index >= 15 is 0 Å². The number of carbonyl (C=O) groups excluding carboxylic acids is 2. The molecular weight excluding hydrogens is 374 g/mol. The molecule has 2 aromatic rings. The van der Waals surface area contributed by atoms with Gasteiger partial charge in [-0.1, -0.05) is 0 Å². The van der Waals surface area contributed by atoms with Gasteiger partial charge in [0.05, 0.1) is 35.7 Å². The number of rotatable bonds is 7. The third-order valence-electron chi connectivity index (χ3n) is 4.08. The van der Waals surface area contributed by atoms with Crippen molar-refractivity contribution in [2.45, 2.75) is 26.9 Å². The van der Waals surface area contributed by atoms with Crippen LogP contribution < -0.4 is 24.8 Å². The van der Waals surface area contributed by atoms with Gasteiger partial charge in [0.1, 0.15) is 5.75 Å². The number of nitriles is 1. The molecule has 1 aliphatic heterocycles. The summed E-state index contributed by atoms with van der Waals surface area (Å²) in [7, 11) is 0. The van der Waals surface area contributed by atoms with E-state index in [4.69, 9.17) is 19.5 Å². The van der Waals surface area contributed by atoms with E-state index < -0.39 is 0 Å². The van der Waals surface area contributed by atoms with Crippen LogP contribution in [0.1, 0.15) is 36.7 Å². The van der Waals surface area contributed by atoms with Gasteiger partial charge in [-0.15, -0.1) is 0 Å². The van der Waals surface area contributed by atoms with Crippen LogP contribution in [-0.4, -0.2) is 31.1 Å². The number of nitrogens with zero attached hydrogens (tertiary/aromatic N) is 1. The fraction of sp³-hybridized carbons (Fsp3) is 0.286. The highest BCUT2D eigenvalue weighted by molar-refractivity contribution is 6.05. The van der Waals surface area contributed by atoms with Crippen LogP contribution in [0, 0.1) is 11.3 Å². The van der Waals surface area contributed by atoms with Crippen molar-refractivity contribution in [1.29, 1.82) is 5.26 Å². The first kappa shape index (κ1) is 20.0. The molecule has 0 radical (unpaired) electrons. The number of Topliss-reactive ketones (excluding diaryl/α,β-unsaturated/α-hetero) is 1. The zero-order valence-corrected chi connectivity index (χ0v) is 16.4. The molecule has 1 aliphatic rings. The van der Waals surface area contributed by atoms with Crippen molar-refractivity contribution in [2.24, 2.45) is 0 Å². The summed E-state index contributed by atoms with van der Waals surface area (Å²) in [4.78, 5) is 24.4. The summed E-state index contributed by atoms with van der Waals surface area (Å²) in [6.07, 6.45) is -0.0657. The molecule has 2 N–H and O–H groups in total. The van der Waals surface area contributed by atoms with Gasteiger partial charge in [0, 0.05) is 11.6 Å². The molecule has 1 amide bonds. The van der Waals surface area contributed by atoms with Crippen LogP contribution in [0.2, 0.25) is 0 Å². The molecule has 150 valence electrons. The van der Waals surface area contributed by atoms with Crippen LogP contribution in [0.25, 0.3) is 0 Å². The van der Waals surface area contributed by atoms with Crippen molar-refractivity contribution in [1.82, 2.24) is 0 Å². The lowest BCUT2D eigenvalue weighted by Crippen LogP contribution is -2.23. The Morgan fingerprint density at radius 2 is 1.90 bits per heavy atom. The quantitative estimate of drug-likeness (QED) is 0.692. The Hall–Kier alpha value is -3.73. The molecule has 1 heterocycles. The Morgan fingerprint density at radius 1 is 1.17 bits per heavy atom. The van der Waals surface area contributed by atoms with Gasteiger partial charge in [-0.3, -0.25) is 9.59 Å². The summed E-state index contributed by atoms with van der Waals surface area (Å²) in [5.41, 5.74) is 1.65. The standard InChI is InChI=1S/C21H21N3O5/c1-12(2)29-18-5-4-14(9-22)6-17(18)23-10-21(26)24-16-8-20-19(27-11-28-20)7-15(16)13(3)25/h4-8,12,23H,10-11H2,1-3H3,(H,24,26). The number of ether oxygens (including phenoxy) is 3. The Morgan fingerprint density at radius 3 is 2.55 bits per heavy atom. The smallest absolute Gasteiger partial charge is 0.243 e. The SMILES string of the molecule is CC(=O)c1cc2c(cc1NC(=O)CNc1cc(C#N)ccc1OC(C)C)OCO2. The molecule has 0 bridgehead atoms. The number of hydrogen-bond acceptors (Lipinski definition) is 7. The van der Waals surface area contributed by atoms with Crippen molar-refractivity contribution in [2.75, 3.05) is 24.0 Å². The van der Waals surface area contributed by atoms with E-state index in [1.807, 2.05) is 13.8 Å². The lowest BCUT2D eigenvalue weighted by Gasteiger charge is -2.16. The second kappa shape index (κ2) is 8.52. The average Bonchev–Trinajstić information content (AvgIpc) is 3.13. The Labute approximate surface area is 168 Å². The molecule has 0 fully saturated rings. The molecule has 2 aromatic carbocycles. The molecule has 0 aliphatic carbocycles. The molecule has 0 aromatic heterocycles. The molecule has 29 heavy (non-hydrogen) atoms. The topological polar surface area (TPSA) is 110 Å². The van der Waals surface area contributed by atoms with E-state index in [1.165, 1.54) is 6.92 Å². The van der Waals surface area contributed by atoms with Crippen molar-refractivity contribution in [3.63, 3.8) is 0 Å². The number of anilines is 2. The van der Waals surface area contributed by atoms with Crippen LogP contribution in [0.3, 0.4) is 0 Å². The van der Waals surface area contributed by atoms with E-state index in [1.54, 1.807) is 30.3 Å². The fourth-order valence-corrected chi connectivity index (χ4v) is 2.80. The van der Waals surface area contributed by atoms with Crippen LogP contribution in [0.4, 0.5) is 11.4 Å². The number of amides is 1. The summed E-state index contributed by atoms with van der Waals surface area (Å²) in [5, 5.41) is 14.8. The molecule has 0 saturated carbocycles. The van der Waals surface area contributed by atoms with Crippen molar-refractivity contribution in [3.05, 3.63) is 41.5 Å². The normalized spacial score (nSPS) is 11.7. The maximum absolute atomic E-state index is 12.5. The minimum atomic E-state index is -0.371. The molecular formula is C21H21N3O5. The minimum absolute atomic E-state index is 0.0657. The van der Waals surface area contributed by atoms with Gasteiger partial charge < -0.3 is 24.8 Å². The molecule has 0 saturated heterocycles. The molecule has 8 nitrogen and oxygen atoms in total. The van der Waals surface area contributed by atoms with E-state index in [0.29, 0.717) is 39.8 Å². The average molecular weight is 395 g/mol. The summed E-state index contributed by atoms with van der Waals surface area (Å²) < 4.78 is 16.3. The number of hydrogen-bond donors (Lipinski definition) is 2. The van der Waals surface area contributed by atoms with Crippen LogP contribution in [-0.2, 0) is 4.79 Å². The number of ketones is 1. The molecule has 8 heteroatoms. The van der Waals surface area contributed by atoms with Gasteiger partial charge in [0.25, 0.3) is 0 Å². The first-order valence-electron chi connectivity index (χ1n) is 9.06. The highest BCUT2D eigenvalue weighted by atomic mass is 16.7. The second-order valence-electron chi connectivity index (χ2n) is 6.70. The first-order chi connectivity index (χ1) is 13.9. The van der Waals surface area contributed by atoms with Gasteiger partial charge >= 0.3 is 0 Å². The van der Waals surface area contributed by atoms with E-state index in [9.17, 15) is 9.59 Å². The third-order valence-corrected chi connectivity index (χ3v) is 4.08. The maximum atomic E-state index is 12.5. The largest absolute Gasteiger partial charge is 0.489 e. The first-order valence-corrected chi connectivity index (χ1v) is 9.06. The predicted molar refractivity (Wildman–Crippen MR) is 107 cm³/mol. The fourth-order valence-electron chi connectivity index (χ4n) is 2.80. The Balaban J connectivity index is 1.74. The lowest BCUT2D eigenvalue weighted by atomic mass is 10.1. The van der Waals surface area contributed by atoms with Gasteiger partial charge in [0.15, 0.2) is 17.3 Å². The molecule has 0 unspecified atom stereocenters. The highest BCUT2D eigenvalue weighted by Crippen LogP contribution is 2.37. The highest BCUT2D eigenvalue weighted by Gasteiger charge is 2.20. The van der Waals surface area contributed by atoms with Crippen molar-refractivity contribution >= 4 is 23.1 Å². The van der Waals surface area contributed by atoms with E-state index in [0.717, 1.165) is 0 Å². The zero-order chi connectivity index (χ0) is 21.0. The van der Waals surface area contributed by atoms with Crippen molar-refractivity contribution in [3.8, 4) is 23.3 Å². The van der Waals surface area contributed by atoms with Gasteiger partial charge in [0.2, 0.25) is 12.7 Å². The molecule has 0 atom stereocenters. The zero-order valence-electron chi connectivity index (χ0n) is 16.4. The van der Waals surface area contributed by atoms with Gasteiger partial charge in [-0.05, 0) is 45.0 Å². The Bertz CT molecular complexity index is 995. The molecule has 0 spiro atoms. The summed E-state index contributed by atoms with van der Waals surface area (Å²) >= 11 is 0. The van der Waals surface area contributed by atoms with Gasteiger partial charge in [-0.25, -0.2) is 0 Å². The van der Waals surface area contributed by atoms with Crippen LogP contribution >= 0.6 is 0 Å². The molecule has 3 rings (SSSR count). The maximum Gasteiger partial charge on any atom is 0.243 e. The van der Waals surface area contributed by atoms with Gasteiger partial charge in [-0.2, -0.15) is 5.26 Å². The summed E-state index contributed by atoms with van der Waals surface area (Å²) in [6.45, 7) is 5.16. The second-order valence-corrected chi connectivity index (χ2v) is 6.70. The number of carbonyl (C=O) groups is 2. The summed E-state index contributed by atoms with van der Waals surface area (Å²) in [6, 6.07) is 10.1. The third kappa shape index (κ3) is 4.76. The predicted octanol–water partition coefficient (Wildman–Crippen LogP) is 3.33. The summed E-state index contributed by atoms with van der Waals surface area (Å²) in [5.74, 6) is 0.896. The minimum Gasteiger partial charge on any atom is -0.489 e.